The molecule has 0 saturated carbocycles. The van der Waals surface area contributed by atoms with Crippen molar-refractivity contribution in [3.05, 3.63) is 59.9 Å². The lowest BCUT2D eigenvalue weighted by Crippen LogP contribution is -2.26. The van der Waals surface area contributed by atoms with Crippen LogP contribution >= 0.6 is 0 Å². The highest BCUT2D eigenvalue weighted by Gasteiger charge is 2.17. The van der Waals surface area contributed by atoms with Crippen LogP contribution < -0.4 is 9.47 Å². The van der Waals surface area contributed by atoms with Crippen molar-refractivity contribution >= 4 is 5.97 Å². The van der Waals surface area contributed by atoms with E-state index in [1.807, 2.05) is 30.3 Å². The smallest absolute Gasteiger partial charge is 0.347 e. The molecule has 23 heavy (non-hydrogen) atoms. The third kappa shape index (κ3) is 4.98. The Labute approximate surface area is 134 Å². The van der Waals surface area contributed by atoms with Crippen molar-refractivity contribution in [2.75, 3.05) is 6.61 Å². The topological polar surface area (TPSA) is 44.8 Å². The summed E-state index contributed by atoms with van der Waals surface area (Å²) in [7, 11) is 0. The summed E-state index contributed by atoms with van der Waals surface area (Å²) < 4.78 is 29.6. The van der Waals surface area contributed by atoms with Gasteiger partial charge >= 0.3 is 5.97 Å². The number of carbonyl (C=O) groups is 1. The summed E-state index contributed by atoms with van der Waals surface area (Å²) in [4.78, 5) is 11.5. The molecule has 0 amide bonds. The summed E-state index contributed by atoms with van der Waals surface area (Å²) in [6.45, 7) is 3.81. The molecule has 0 saturated heterocycles. The number of benzene rings is 2. The van der Waals surface area contributed by atoms with Crippen LogP contribution in [0, 0.1) is 5.82 Å². The van der Waals surface area contributed by atoms with Gasteiger partial charge in [0, 0.05) is 6.07 Å². The molecule has 0 N–H and O–H groups in total. The highest BCUT2D eigenvalue weighted by Crippen LogP contribution is 2.24. The van der Waals surface area contributed by atoms with E-state index in [1.54, 1.807) is 13.0 Å². The molecule has 0 aliphatic carbocycles. The van der Waals surface area contributed by atoms with E-state index in [-0.39, 0.29) is 12.4 Å². The molecule has 2 aromatic carbocycles. The van der Waals surface area contributed by atoms with E-state index in [2.05, 4.69) is 0 Å². The zero-order chi connectivity index (χ0) is 16.7. The minimum absolute atomic E-state index is 0.0161. The fourth-order valence-electron chi connectivity index (χ4n) is 1.91. The van der Waals surface area contributed by atoms with Crippen LogP contribution in [0.5, 0.6) is 11.5 Å². The second kappa shape index (κ2) is 8.17. The first kappa shape index (κ1) is 16.8. The van der Waals surface area contributed by atoms with Crippen molar-refractivity contribution in [2.45, 2.75) is 26.6 Å². The van der Waals surface area contributed by atoms with E-state index in [0.29, 0.717) is 12.4 Å². The van der Waals surface area contributed by atoms with Gasteiger partial charge in [0.05, 0.1) is 6.61 Å². The Morgan fingerprint density at radius 1 is 1.17 bits per heavy atom. The van der Waals surface area contributed by atoms with Gasteiger partial charge in [0.2, 0.25) is 0 Å². The molecule has 122 valence electrons. The fraction of sp³-hybridized carbons (Fsp3) is 0.278. The third-order valence-electron chi connectivity index (χ3n) is 3.07. The molecule has 2 aromatic rings. The number of esters is 1. The third-order valence-corrected chi connectivity index (χ3v) is 3.07. The van der Waals surface area contributed by atoms with E-state index in [1.165, 1.54) is 19.1 Å². The van der Waals surface area contributed by atoms with Gasteiger partial charge in [-0.25, -0.2) is 9.18 Å². The summed E-state index contributed by atoms with van der Waals surface area (Å²) in [6, 6.07) is 13.9. The first-order valence-electron chi connectivity index (χ1n) is 7.39. The predicted octanol–water partition coefficient (Wildman–Crippen LogP) is 3.74. The minimum Gasteiger partial charge on any atom is -0.489 e. The SMILES string of the molecule is CCOC(=O)C(C)Oc1ccc(OCc2ccccc2)cc1F. The largest absolute Gasteiger partial charge is 0.489 e. The summed E-state index contributed by atoms with van der Waals surface area (Å²) in [5, 5.41) is 0. The molecule has 5 heteroatoms. The fourth-order valence-corrected chi connectivity index (χ4v) is 1.91. The van der Waals surface area contributed by atoms with Crippen LogP contribution in [0.1, 0.15) is 19.4 Å². The van der Waals surface area contributed by atoms with E-state index < -0.39 is 17.9 Å². The van der Waals surface area contributed by atoms with Crippen LogP contribution in [0.2, 0.25) is 0 Å². The van der Waals surface area contributed by atoms with Gasteiger partial charge in [0.15, 0.2) is 17.7 Å². The van der Waals surface area contributed by atoms with Crippen molar-refractivity contribution in [3.8, 4) is 11.5 Å². The molecule has 4 nitrogen and oxygen atoms in total. The average Bonchev–Trinajstić information content (AvgIpc) is 2.56. The van der Waals surface area contributed by atoms with Crippen molar-refractivity contribution in [1.29, 1.82) is 0 Å². The van der Waals surface area contributed by atoms with Crippen LogP contribution in [0.25, 0.3) is 0 Å². The number of hydrogen-bond acceptors (Lipinski definition) is 4. The molecule has 1 unspecified atom stereocenters. The van der Waals surface area contributed by atoms with Gasteiger partial charge in [-0.05, 0) is 31.5 Å². The summed E-state index contributed by atoms with van der Waals surface area (Å²) in [5.41, 5.74) is 0.990. The van der Waals surface area contributed by atoms with Crippen LogP contribution in [0.15, 0.2) is 48.5 Å². The highest BCUT2D eigenvalue weighted by atomic mass is 19.1. The molecule has 0 heterocycles. The maximum atomic E-state index is 14.0. The zero-order valence-electron chi connectivity index (χ0n) is 13.1. The lowest BCUT2D eigenvalue weighted by atomic mass is 10.2. The van der Waals surface area contributed by atoms with Gasteiger partial charge in [-0.15, -0.1) is 0 Å². The van der Waals surface area contributed by atoms with Crippen LogP contribution in [-0.4, -0.2) is 18.7 Å². The molecule has 0 aliphatic heterocycles. The summed E-state index contributed by atoms with van der Waals surface area (Å²) in [6.07, 6.45) is -0.875. The van der Waals surface area contributed by atoms with E-state index in [9.17, 15) is 9.18 Å². The normalized spacial score (nSPS) is 11.6. The second-order valence-electron chi connectivity index (χ2n) is 4.88. The van der Waals surface area contributed by atoms with Gasteiger partial charge in [-0.1, -0.05) is 30.3 Å². The van der Waals surface area contributed by atoms with Crippen molar-refractivity contribution < 1.29 is 23.4 Å². The average molecular weight is 318 g/mol. The molecule has 0 radical (unpaired) electrons. The Morgan fingerprint density at radius 3 is 2.57 bits per heavy atom. The molecule has 0 aliphatic rings. The van der Waals surface area contributed by atoms with Crippen LogP contribution in [0.4, 0.5) is 4.39 Å². The van der Waals surface area contributed by atoms with Gasteiger partial charge < -0.3 is 14.2 Å². The zero-order valence-corrected chi connectivity index (χ0v) is 13.1. The molecular formula is C18H19FO4. The Kier molecular flexibility index (Phi) is 5.97. The van der Waals surface area contributed by atoms with Gasteiger partial charge in [0.1, 0.15) is 12.4 Å². The maximum Gasteiger partial charge on any atom is 0.347 e. The number of halogens is 1. The second-order valence-corrected chi connectivity index (χ2v) is 4.88. The highest BCUT2D eigenvalue weighted by molar-refractivity contribution is 5.74. The monoisotopic (exact) mass is 318 g/mol. The number of rotatable bonds is 7. The molecule has 1 atom stereocenters. The van der Waals surface area contributed by atoms with E-state index >= 15 is 0 Å². The van der Waals surface area contributed by atoms with Crippen LogP contribution in [-0.2, 0) is 16.1 Å². The quantitative estimate of drug-likeness (QED) is 0.730. The molecule has 0 fully saturated rings. The Bertz CT molecular complexity index is 643. The minimum atomic E-state index is -0.875. The number of carbonyl (C=O) groups excluding carboxylic acids is 1. The lowest BCUT2D eigenvalue weighted by molar-refractivity contribution is -0.150. The van der Waals surface area contributed by atoms with Gasteiger partial charge in [-0.3, -0.25) is 0 Å². The van der Waals surface area contributed by atoms with Crippen molar-refractivity contribution in [1.82, 2.24) is 0 Å². The van der Waals surface area contributed by atoms with Crippen LogP contribution in [0.3, 0.4) is 0 Å². The van der Waals surface area contributed by atoms with E-state index in [0.717, 1.165) is 5.56 Å². The number of hydrogen-bond donors (Lipinski definition) is 0. The molecule has 0 spiro atoms. The molecular weight excluding hydrogens is 299 g/mol. The Balaban J connectivity index is 1.96. The first-order chi connectivity index (χ1) is 11.1. The standard InChI is InChI=1S/C18H19FO4/c1-3-21-18(20)13(2)23-17-10-9-15(11-16(17)19)22-12-14-7-5-4-6-8-14/h4-11,13H,3,12H2,1-2H3. The Hall–Kier alpha value is -2.56. The van der Waals surface area contributed by atoms with Gasteiger partial charge in [-0.2, -0.15) is 0 Å². The van der Waals surface area contributed by atoms with E-state index in [4.69, 9.17) is 14.2 Å². The predicted molar refractivity (Wildman–Crippen MR) is 83.9 cm³/mol. The molecule has 0 aromatic heterocycles. The molecule has 0 bridgehead atoms. The number of ether oxygens (including phenoxy) is 3. The van der Waals surface area contributed by atoms with Gasteiger partial charge in [0.25, 0.3) is 0 Å². The summed E-state index contributed by atoms with van der Waals surface area (Å²) in [5.74, 6) is -0.747. The van der Waals surface area contributed by atoms with Crippen molar-refractivity contribution in [2.24, 2.45) is 0 Å². The lowest BCUT2D eigenvalue weighted by Gasteiger charge is -2.14. The maximum absolute atomic E-state index is 14.0. The summed E-state index contributed by atoms with van der Waals surface area (Å²) >= 11 is 0. The first-order valence-corrected chi connectivity index (χ1v) is 7.39. The van der Waals surface area contributed by atoms with Crippen molar-refractivity contribution in [3.63, 3.8) is 0 Å². The molecule has 2 rings (SSSR count). The Morgan fingerprint density at radius 2 is 1.91 bits per heavy atom.